The number of carbonyl (C=O) groups is 1. The first-order valence-electron chi connectivity index (χ1n) is 9.54. The summed E-state index contributed by atoms with van der Waals surface area (Å²) in [5.41, 5.74) is 4.24. The smallest absolute Gasteiger partial charge is 0.223 e. The molecule has 1 aliphatic rings. The minimum atomic E-state index is 0.107. The molecule has 0 aliphatic carbocycles. The Kier molecular flexibility index (Phi) is 5.02. The highest BCUT2D eigenvalue weighted by molar-refractivity contribution is 6.31. The first kappa shape index (κ1) is 18.8. The molecular formula is C22H24ClN3O2. The van der Waals surface area contributed by atoms with E-state index in [9.17, 15) is 4.79 Å². The van der Waals surface area contributed by atoms with Gasteiger partial charge in [0.2, 0.25) is 5.91 Å². The number of nitrogens with zero attached hydrogens (tertiary/aromatic N) is 3. The molecule has 0 saturated heterocycles. The lowest BCUT2D eigenvalue weighted by atomic mass is 10.1. The zero-order valence-corrected chi connectivity index (χ0v) is 17.2. The first-order valence-corrected chi connectivity index (χ1v) is 9.92. The van der Waals surface area contributed by atoms with E-state index in [0.29, 0.717) is 24.4 Å². The van der Waals surface area contributed by atoms with Crippen LogP contribution in [0.1, 0.15) is 30.3 Å². The van der Waals surface area contributed by atoms with Crippen LogP contribution in [0.3, 0.4) is 0 Å². The molecular weight excluding hydrogens is 374 g/mol. The summed E-state index contributed by atoms with van der Waals surface area (Å²) in [4.78, 5) is 19.0. The number of ether oxygens (including phenoxy) is 1. The maximum atomic E-state index is 12.6. The SMILES string of the molecule is C[C@H]1Cc2cc(CN(C)C(=O)CCc3nc4cc(Cl)ccc4n3C)ccc2O1. The van der Waals surface area contributed by atoms with Gasteiger partial charge in [-0.25, -0.2) is 4.98 Å². The predicted molar refractivity (Wildman–Crippen MR) is 111 cm³/mol. The van der Waals surface area contributed by atoms with Gasteiger partial charge in [0, 0.05) is 44.9 Å². The van der Waals surface area contributed by atoms with Crippen LogP contribution in [0.15, 0.2) is 36.4 Å². The highest BCUT2D eigenvalue weighted by atomic mass is 35.5. The molecule has 0 saturated carbocycles. The standard InChI is InChI=1S/C22H24ClN3O2/c1-14-10-16-11-15(4-7-20(16)28-14)13-25(2)22(27)9-8-21-24-18-12-17(23)5-6-19(18)26(21)3/h4-7,11-12,14H,8-10,13H2,1-3H3/t14-/m0/s1. The van der Waals surface area contributed by atoms with Crippen molar-refractivity contribution in [2.45, 2.75) is 38.8 Å². The van der Waals surface area contributed by atoms with Crippen LogP contribution in [0, 0.1) is 0 Å². The number of imidazole rings is 1. The highest BCUT2D eigenvalue weighted by Crippen LogP contribution is 2.29. The summed E-state index contributed by atoms with van der Waals surface area (Å²) < 4.78 is 7.78. The van der Waals surface area contributed by atoms with Crippen molar-refractivity contribution >= 4 is 28.5 Å². The van der Waals surface area contributed by atoms with E-state index in [2.05, 4.69) is 18.0 Å². The van der Waals surface area contributed by atoms with Crippen molar-refractivity contribution in [2.24, 2.45) is 7.05 Å². The van der Waals surface area contributed by atoms with Crippen molar-refractivity contribution in [2.75, 3.05) is 7.05 Å². The number of aromatic nitrogens is 2. The van der Waals surface area contributed by atoms with Crippen molar-refractivity contribution in [3.8, 4) is 5.75 Å². The topological polar surface area (TPSA) is 47.4 Å². The summed E-state index contributed by atoms with van der Waals surface area (Å²) in [6.45, 7) is 2.67. The Hall–Kier alpha value is -2.53. The zero-order chi connectivity index (χ0) is 19.8. The number of benzene rings is 2. The molecule has 2 heterocycles. The number of hydrogen-bond donors (Lipinski definition) is 0. The minimum Gasteiger partial charge on any atom is -0.490 e. The Morgan fingerprint density at radius 3 is 2.96 bits per heavy atom. The normalized spacial score (nSPS) is 15.5. The van der Waals surface area contributed by atoms with E-state index in [1.165, 1.54) is 5.56 Å². The van der Waals surface area contributed by atoms with Crippen molar-refractivity contribution < 1.29 is 9.53 Å². The van der Waals surface area contributed by atoms with Gasteiger partial charge in [-0.1, -0.05) is 23.7 Å². The number of carbonyl (C=O) groups excluding carboxylic acids is 1. The average molecular weight is 398 g/mol. The third kappa shape index (κ3) is 3.72. The van der Waals surface area contributed by atoms with E-state index in [1.807, 2.05) is 49.0 Å². The molecule has 0 radical (unpaired) electrons. The fraction of sp³-hybridized carbons (Fsp3) is 0.364. The molecule has 1 aromatic heterocycles. The molecule has 1 atom stereocenters. The molecule has 6 heteroatoms. The van der Waals surface area contributed by atoms with Crippen LogP contribution in [0.4, 0.5) is 0 Å². The molecule has 1 amide bonds. The minimum absolute atomic E-state index is 0.107. The molecule has 1 aliphatic heterocycles. The van der Waals surface area contributed by atoms with E-state index in [1.54, 1.807) is 4.90 Å². The lowest BCUT2D eigenvalue weighted by Crippen LogP contribution is -2.26. The number of hydrogen-bond acceptors (Lipinski definition) is 3. The molecule has 2 aromatic carbocycles. The van der Waals surface area contributed by atoms with Crippen molar-refractivity contribution in [1.29, 1.82) is 0 Å². The third-order valence-electron chi connectivity index (χ3n) is 5.30. The van der Waals surface area contributed by atoms with E-state index in [4.69, 9.17) is 16.3 Å². The Morgan fingerprint density at radius 1 is 1.32 bits per heavy atom. The summed E-state index contributed by atoms with van der Waals surface area (Å²) >= 11 is 6.05. The molecule has 0 unspecified atom stereocenters. The van der Waals surface area contributed by atoms with E-state index in [0.717, 1.165) is 34.6 Å². The largest absolute Gasteiger partial charge is 0.490 e. The van der Waals surface area contributed by atoms with Crippen molar-refractivity contribution in [1.82, 2.24) is 14.5 Å². The van der Waals surface area contributed by atoms with Crippen LogP contribution in [0.5, 0.6) is 5.75 Å². The van der Waals surface area contributed by atoms with Gasteiger partial charge in [0.25, 0.3) is 0 Å². The molecule has 5 nitrogen and oxygen atoms in total. The monoisotopic (exact) mass is 397 g/mol. The molecule has 28 heavy (non-hydrogen) atoms. The average Bonchev–Trinajstić information content (AvgIpc) is 3.17. The molecule has 0 fully saturated rings. The Labute approximate surface area is 169 Å². The van der Waals surface area contributed by atoms with Gasteiger partial charge >= 0.3 is 0 Å². The Bertz CT molecular complexity index is 1040. The molecule has 146 valence electrons. The summed E-state index contributed by atoms with van der Waals surface area (Å²) in [5.74, 6) is 1.96. The van der Waals surface area contributed by atoms with Crippen LogP contribution in [-0.2, 0) is 31.2 Å². The summed E-state index contributed by atoms with van der Waals surface area (Å²) in [6.07, 6.45) is 2.18. The zero-order valence-electron chi connectivity index (χ0n) is 16.4. The quantitative estimate of drug-likeness (QED) is 0.650. The number of rotatable bonds is 5. The maximum absolute atomic E-state index is 12.6. The lowest BCUT2D eigenvalue weighted by molar-refractivity contribution is -0.130. The van der Waals surface area contributed by atoms with Gasteiger partial charge in [-0.15, -0.1) is 0 Å². The highest BCUT2D eigenvalue weighted by Gasteiger charge is 2.20. The van der Waals surface area contributed by atoms with Gasteiger partial charge in [-0.05, 0) is 42.3 Å². The van der Waals surface area contributed by atoms with Gasteiger partial charge < -0.3 is 14.2 Å². The predicted octanol–water partition coefficient (Wildman–Crippen LogP) is 4.14. The second-order valence-corrected chi connectivity index (χ2v) is 7.98. The fourth-order valence-corrected chi connectivity index (χ4v) is 3.96. The van der Waals surface area contributed by atoms with Crippen LogP contribution in [-0.4, -0.2) is 33.5 Å². The second kappa shape index (κ2) is 7.47. The van der Waals surface area contributed by atoms with Gasteiger partial charge in [-0.3, -0.25) is 4.79 Å². The van der Waals surface area contributed by atoms with Gasteiger partial charge in [0.05, 0.1) is 11.0 Å². The molecule has 0 spiro atoms. The fourth-order valence-electron chi connectivity index (χ4n) is 3.79. The van der Waals surface area contributed by atoms with Crippen molar-refractivity contribution in [3.63, 3.8) is 0 Å². The Balaban J connectivity index is 1.39. The summed E-state index contributed by atoms with van der Waals surface area (Å²) in [5, 5.41) is 0.669. The van der Waals surface area contributed by atoms with Crippen LogP contribution >= 0.6 is 11.6 Å². The van der Waals surface area contributed by atoms with Crippen molar-refractivity contribution in [3.05, 3.63) is 58.4 Å². The number of aryl methyl sites for hydroxylation is 2. The van der Waals surface area contributed by atoms with E-state index in [-0.39, 0.29) is 12.0 Å². The van der Waals surface area contributed by atoms with Gasteiger partial charge in [-0.2, -0.15) is 0 Å². The lowest BCUT2D eigenvalue weighted by Gasteiger charge is -2.17. The van der Waals surface area contributed by atoms with Gasteiger partial charge in [0.1, 0.15) is 17.7 Å². The summed E-state index contributed by atoms with van der Waals surface area (Å²) in [6, 6.07) is 11.9. The molecule has 0 bridgehead atoms. The number of halogens is 1. The second-order valence-electron chi connectivity index (χ2n) is 7.54. The van der Waals surface area contributed by atoms with Crippen LogP contribution < -0.4 is 4.74 Å². The summed E-state index contributed by atoms with van der Waals surface area (Å²) in [7, 11) is 3.82. The van der Waals surface area contributed by atoms with E-state index >= 15 is 0 Å². The maximum Gasteiger partial charge on any atom is 0.223 e. The Morgan fingerprint density at radius 2 is 2.14 bits per heavy atom. The molecule has 4 rings (SSSR count). The first-order chi connectivity index (χ1) is 13.4. The molecule has 3 aromatic rings. The molecule has 0 N–H and O–H groups in total. The van der Waals surface area contributed by atoms with Crippen LogP contribution in [0.2, 0.25) is 5.02 Å². The third-order valence-corrected chi connectivity index (χ3v) is 5.54. The van der Waals surface area contributed by atoms with E-state index < -0.39 is 0 Å². The van der Waals surface area contributed by atoms with Gasteiger partial charge in [0.15, 0.2) is 0 Å². The number of fused-ring (bicyclic) bond motifs is 2. The number of amides is 1. The van der Waals surface area contributed by atoms with Crippen LogP contribution in [0.25, 0.3) is 11.0 Å².